The minimum Gasteiger partial charge on any atom is -0.345 e. The molecule has 1 atom stereocenters. The standard InChI is InChI=1S/C24H26N2O3S/c1-4-22(19-10-6-5-7-11-19)25-24(27)21-12-8-9-13-23(21)26(3)30(28,29)20-16-14-18(2)15-17-20/h5-17,22H,4H2,1-3H3,(H,25,27)/t22-/m0/s1. The summed E-state index contributed by atoms with van der Waals surface area (Å²) in [5, 5.41) is 3.03. The highest BCUT2D eigenvalue weighted by Crippen LogP contribution is 2.27. The lowest BCUT2D eigenvalue weighted by Gasteiger charge is -2.23. The van der Waals surface area contributed by atoms with Gasteiger partial charge in [-0.05, 0) is 43.2 Å². The number of rotatable bonds is 7. The van der Waals surface area contributed by atoms with Gasteiger partial charge >= 0.3 is 0 Å². The molecule has 0 heterocycles. The Kier molecular flexibility index (Phi) is 6.57. The molecule has 1 amide bonds. The minimum atomic E-state index is -3.80. The smallest absolute Gasteiger partial charge is 0.264 e. The molecule has 0 aliphatic carbocycles. The SMILES string of the molecule is CC[C@H](NC(=O)c1ccccc1N(C)S(=O)(=O)c1ccc(C)cc1)c1ccccc1. The number of nitrogens with zero attached hydrogens (tertiary/aromatic N) is 1. The van der Waals surface area contributed by atoms with E-state index in [4.69, 9.17) is 0 Å². The number of nitrogens with one attached hydrogen (secondary N) is 1. The van der Waals surface area contributed by atoms with E-state index < -0.39 is 10.0 Å². The van der Waals surface area contributed by atoms with Crippen LogP contribution in [-0.4, -0.2) is 21.4 Å². The number of hydrogen-bond donors (Lipinski definition) is 1. The normalized spacial score (nSPS) is 12.2. The highest BCUT2D eigenvalue weighted by molar-refractivity contribution is 7.92. The molecular formula is C24H26N2O3S. The summed E-state index contributed by atoms with van der Waals surface area (Å²) >= 11 is 0. The van der Waals surface area contributed by atoms with E-state index in [9.17, 15) is 13.2 Å². The number of carbonyl (C=O) groups excluding carboxylic acids is 1. The number of benzene rings is 3. The quantitative estimate of drug-likeness (QED) is 0.600. The summed E-state index contributed by atoms with van der Waals surface area (Å²) in [7, 11) is -2.33. The van der Waals surface area contributed by atoms with E-state index in [-0.39, 0.29) is 16.8 Å². The van der Waals surface area contributed by atoms with Gasteiger partial charge in [0.15, 0.2) is 0 Å². The molecule has 5 nitrogen and oxygen atoms in total. The summed E-state index contributed by atoms with van der Waals surface area (Å²) in [4.78, 5) is 13.3. The minimum absolute atomic E-state index is 0.161. The third-order valence-electron chi connectivity index (χ3n) is 5.08. The molecule has 1 N–H and O–H groups in total. The zero-order chi connectivity index (χ0) is 21.7. The maximum atomic E-state index is 13.1. The van der Waals surface area contributed by atoms with Crippen LogP contribution in [0.15, 0.2) is 83.8 Å². The number of hydrogen-bond acceptors (Lipinski definition) is 3. The molecule has 0 aliphatic rings. The van der Waals surface area contributed by atoms with Crippen LogP contribution in [0.5, 0.6) is 0 Å². The number of para-hydroxylation sites is 1. The third kappa shape index (κ3) is 4.54. The second kappa shape index (κ2) is 9.13. The Balaban J connectivity index is 1.91. The van der Waals surface area contributed by atoms with Gasteiger partial charge in [0.25, 0.3) is 15.9 Å². The second-order valence-electron chi connectivity index (χ2n) is 7.15. The summed E-state index contributed by atoms with van der Waals surface area (Å²) in [6.45, 7) is 3.90. The van der Waals surface area contributed by atoms with Gasteiger partial charge in [-0.1, -0.05) is 67.1 Å². The molecular weight excluding hydrogens is 396 g/mol. The van der Waals surface area contributed by atoms with Crippen LogP contribution in [0, 0.1) is 6.92 Å². The molecule has 0 saturated carbocycles. The van der Waals surface area contributed by atoms with E-state index in [1.165, 1.54) is 7.05 Å². The molecule has 30 heavy (non-hydrogen) atoms. The van der Waals surface area contributed by atoms with E-state index >= 15 is 0 Å². The summed E-state index contributed by atoms with van der Waals surface area (Å²) in [5.41, 5.74) is 2.62. The Morgan fingerprint density at radius 2 is 1.53 bits per heavy atom. The fraction of sp³-hybridized carbons (Fsp3) is 0.208. The van der Waals surface area contributed by atoms with Crippen LogP contribution < -0.4 is 9.62 Å². The lowest BCUT2D eigenvalue weighted by Crippen LogP contribution is -2.32. The van der Waals surface area contributed by atoms with Crippen molar-refractivity contribution in [2.24, 2.45) is 0 Å². The Morgan fingerprint density at radius 1 is 0.933 bits per heavy atom. The zero-order valence-corrected chi connectivity index (χ0v) is 18.2. The van der Waals surface area contributed by atoms with Crippen LogP contribution in [0.2, 0.25) is 0 Å². The average Bonchev–Trinajstić information content (AvgIpc) is 2.77. The Morgan fingerprint density at radius 3 is 2.17 bits per heavy atom. The zero-order valence-electron chi connectivity index (χ0n) is 17.4. The molecule has 0 bridgehead atoms. The molecule has 0 aromatic heterocycles. The maximum absolute atomic E-state index is 13.1. The number of amides is 1. The fourth-order valence-electron chi connectivity index (χ4n) is 3.28. The predicted octanol–water partition coefficient (Wildman–Crippen LogP) is 4.70. The van der Waals surface area contributed by atoms with Crippen molar-refractivity contribution in [3.63, 3.8) is 0 Å². The molecule has 3 rings (SSSR count). The van der Waals surface area contributed by atoms with Crippen LogP contribution >= 0.6 is 0 Å². The van der Waals surface area contributed by atoms with Crippen molar-refractivity contribution in [3.05, 3.63) is 95.6 Å². The van der Waals surface area contributed by atoms with Crippen molar-refractivity contribution < 1.29 is 13.2 Å². The molecule has 3 aromatic carbocycles. The lowest BCUT2D eigenvalue weighted by atomic mass is 10.0. The molecule has 0 unspecified atom stereocenters. The number of aryl methyl sites for hydroxylation is 1. The fourth-order valence-corrected chi connectivity index (χ4v) is 4.49. The summed E-state index contributed by atoms with van der Waals surface area (Å²) in [5.74, 6) is -0.313. The first-order valence-corrected chi connectivity index (χ1v) is 11.3. The average molecular weight is 423 g/mol. The first-order valence-electron chi connectivity index (χ1n) is 9.85. The van der Waals surface area contributed by atoms with Crippen molar-refractivity contribution in [1.82, 2.24) is 5.32 Å². The number of anilines is 1. The van der Waals surface area contributed by atoms with Crippen LogP contribution in [0.25, 0.3) is 0 Å². The van der Waals surface area contributed by atoms with Gasteiger partial charge in [0, 0.05) is 7.05 Å². The van der Waals surface area contributed by atoms with E-state index in [1.54, 1.807) is 48.5 Å². The molecule has 6 heteroatoms. The third-order valence-corrected chi connectivity index (χ3v) is 6.87. The molecule has 0 fully saturated rings. The van der Waals surface area contributed by atoms with E-state index in [1.807, 2.05) is 44.2 Å². The van der Waals surface area contributed by atoms with Gasteiger partial charge in [0.2, 0.25) is 0 Å². The van der Waals surface area contributed by atoms with Crippen molar-refractivity contribution in [3.8, 4) is 0 Å². The molecule has 0 spiro atoms. The van der Waals surface area contributed by atoms with E-state index in [2.05, 4.69) is 5.32 Å². The highest BCUT2D eigenvalue weighted by atomic mass is 32.2. The lowest BCUT2D eigenvalue weighted by molar-refractivity contribution is 0.0936. The van der Waals surface area contributed by atoms with Crippen molar-refractivity contribution in [2.75, 3.05) is 11.4 Å². The van der Waals surface area contributed by atoms with Crippen LogP contribution in [0.4, 0.5) is 5.69 Å². The van der Waals surface area contributed by atoms with Gasteiger partial charge < -0.3 is 5.32 Å². The van der Waals surface area contributed by atoms with Crippen LogP contribution in [0.3, 0.4) is 0 Å². The van der Waals surface area contributed by atoms with Crippen LogP contribution in [-0.2, 0) is 10.0 Å². The van der Waals surface area contributed by atoms with Crippen molar-refractivity contribution >= 4 is 21.6 Å². The summed E-state index contributed by atoms with van der Waals surface area (Å²) < 4.78 is 27.4. The van der Waals surface area contributed by atoms with Crippen molar-refractivity contribution in [1.29, 1.82) is 0 Å². The van der Waals surface area contributed by atoms with Gasteiger partial charge in [0.05, 0.1) is 22.2 Å². The first kappa shape index (κ1) is 21.6. The molecule has 3 aromatic rings. The molecule has 0 aliphatic heterocycles. The first-order chi connectivity index (χ1) is 14.3. The second-order valence-corrected chi connectivity index (χ2v) is 9.12. The Hall–Kier alpha value is -3.12. The van der Waals surface area contributed by atoms with Crippen molar-refractivity contribution in [2.45, 2.75) is 31.2 Å². The number of carbonyl (C=O) groups is 1. The highest BCUT2D eigenvalue weighted by Gasteiger charge is 2.25. The molecule has 0 radical (unpaired) electrons. The predicted molar refractivity (Wildman–Crippen MR) is 120 cm³/mol. The van der Waals surface area contributed by atoms with E-state index in [0.29, 0.717) is 11.3 Å². The van der Waals surface area contributed by atoms with Gasteiger partial charge in [-0.15, -0.1) is 0 Å². The van der Waals surface area contributed by atoms with Gasteiger partial charge in [-0.2, -0.15) is 0 Å². The van der Waals surface area contributed by atoms with Gasteiger partial charge in [-0.3, -0.25) is 9.10 Å². The maximum Gasteiger partial charge on any atom is 0.264 e. The largest absolute Gasteiger partial charge is 0.345 e. The van der Waals surface area contributed by atoms with Crippen LogP contribution in [0.1, 0.15) is 40.9 Å². The molecule has 0 saturated heterocycles. The summed E-state index contributed by atoms with van der Waals surface area (Å²) in [6.07, 6.45) is 0.718. The topological polar surface area (TPSA) is 66.5 Å². The Bertz CT molecular complexity index is 1110. The molecule has 156 valence electrons. The Labute approximate surface area is 178 Å². The van der Waals surface area contributed by atoms with Gasteiger partial charge in [0.1, 0.15) is 0 Å². The summed E-state index contributed by atoms with van der Waals surface area (Å²) in [6, 6.07) is 23.0. The monoisotopic (exact) mass is 422 g/mol. The number of sulfonamides is 1. The van der Waals surface area contributed by atoms with E-state index in [0.717, 1.165) is 21.9 Å². The van der Waals surface area contributed by atoms with Gasteiger partial charge in [-0.25, -0.2) is 8.42 Å².